The Morgan fingerprint density at radius 1 is 1.44 bits per heavy atom. The molecule has 2 heterocycles. The number of anilines is 1. The molecular formula is C9H12N4O2S. The van der Waals surface area contributed by atoms with Crippen molar-refractivity contribution in [3.8, 4) is 0 Å². The molecule has 0 unspecified atom stereocenters. The minimum Gasteiger partial charge on any atom is -0.324 e. The summed E-state index contributed by atoms with van der Waals surface area (Å²) in [6.45, 7) is 2.75. The molecule has 0 aliphatic carbocycles. The Labute approximate surface area is 96.8 Å². The van der Waals surface area contributed by atoms with E-state index in [4.69, 9.17) is 0 Å². The van der Waals surface area contributed by atoms with E-state index in [1.54, 1.807) is 11.8 Å². The van der Waals surface area contributed by atoms with Crippen LogP contribution in [0.25, 0.3) is 0 Å². The van der Waals surface area contributed by atoms with Crippen LogP contribution in [0.15, 0.2) is 0 Å². The fraction of sp³-hybridized carbons (Fsp3) is 0.556. The van der Waals surface area contributed by atoms with E-state index in [0.717, 1.165) is 11.5 Å². The van der Waals surface area contributed by atoms with Crippen LogP contribution in [0.2, 0.25) is 0 Å². The zero-order valence-corrected chi connectivity index (χ0v) is 9.71. The van der Waals surface area contributed by atoms with Crippen LogP contribution in [0.5, 0.6) is 0 Å². The largest absolute Gasteiger partial charge is 0.324 e. The molecule has 1 aromatic rings. The van der Waals surface area contributed by atoms with Crippen molar-refractivity contribution in [1.29, 1.82) is 0 Å². The van der Waals surface area contributed by atoms with Crippen molar-refractivity contribution in [3.05, 3.63) is 5.82 Å². The lowest BCUT2D eigenvalue weighted by Crippen LogP contribution is -2.41. The highest BCUT2D eigenvalue weighted by Crippen LogP contribution is 2.12. The number of hydrogen-bond donors (Lipinski definition) is 1. The predicted octanol–water partition coefficient (Wildman–Crippen LogP) is 1.04. The van der Waals surface area contributed by atoms with Crippen LogP contribution >= 0.6 is 11.5 Å². The molecule has 0 aromatic carbocycles. The number of amides is 2. The van der Waals surface area contributed by atoms with Gasteiger partial charge in [-0.05, 0) is 6.92 Å². The first kappa shape index (κ1) is 11.0. The minimum absolute atomic E-state index is 0.205. The number of carbonyl (C=O) groups excluding carboxylic acids is 2. The molecule has 1 aliphatic rings. The number of piperidine rings is 1. The second-order valence-corrected chi connectivity index (χ2v) is 4.35. The number of nitrogens with one attached hydrogen (secondary N) is 1. The quantitative estimate of drug-likeness (QED) is 0.796. The maximum absolute atomic E-state index is 11.7. The smallest absolute Gasteiger partial charge is 0.323 e. The van der Waals surface area contributed by atoms with Crippen LogP contribution in [0.4, 0.5) is 9.93 Å². The van der Waals surface area contributed by atoms with E-state index in [0.29, 0.717) is 36.9 Å². The van der Waals surface area contributed by atoms with Crippen molar-refractivity contribution in [2.24, 2.45) is 0 Å². The Morgan fingerprint density at radius 3 is 2.69 bits per heavy atom. The number of aromatic nitrogens is 2. The summed E-state index contributed by atoms with van der Waals surface area (Å²) in [4.78, 5) is 28.4. The van der Waals surface area contributed by atoms with Gasteiger partial charge in [0.1, 0.15) is 11.6 Å². The van der Waals surface area contributed by atoms with Crippen molar-refractivity contribution >= 4 is 28.5 Å². The summed E-state index contributed by atoms with van der Waals surface area (Å²) in [5.74, 6) is 0.866. The van der Waals surface area contributed by atoms with Gasteiger partial charge >= 0.3 is 6.03 Å². The lowest BCUT2D eigenvalue weighted by molar-refractivity contribution is -0.120. The number of carbonyl (C=O) groups is 2. The molecule has 2 rings (SSSR count). The first-order chi connectivity index (χ1) is 7.65. The molecule has 1 N–H and O–H groups in total. The monoisotopic (exact) mass is 240 g/mol. The van der Waals surface area contributed by atoms with Gasteiger partial charge in [0.2, 0.25) is 5.13 Å². The molecule has 86 valence electrons. The molecule has 0 bridgehead atoms. The van der Waals surface area contributed by atoms with Gasteiger partial charge in [0.25, 0.3) is 0 Å². The van der Waals surface area contributed by atoms with Crippen molar-refractivity contribution in [1.82, 2.24) is 14.3 Å². The molecule has 1 aromatic heterocycles. The normalized spacial score (nSPS) is 16.3. The van der Waals surface area contributed by atoms with Crippen LogP contribution in [-0.4, -0.2) is 39.2 Å². The van der Waals surface area contributed by atoms with Gasteiger partial charge in [-0.2, -0.15) is 4.37 Å². The van der Waals surface area contributed by atoms with Gasteiger partial charge in [-0.25, -0.2) is 9.78 Å². The van der Waals surface area contributed by atoms with Crippen LogP contribution in [0, 0.1) is 6.92 Å². The summed E-state index contributed by atoms with van der Waals surface area (Å²) in [5, 5.41) is 3.17. The van der Waals surface area contributed by atoms with E-state index < -0.39 is 0 Å². The molecule has 0 radical (unpaired) electrons. The van der Waals surface area contributed by atoms with Crippen molar-refractivity contribution in [3.63, 3.8) is 0 Å². The average molecular weight is 240 g/mol. The number of urea groups is 1. The third-order valence-corrected chi connectivity index (χ3v) is 3.07. The Bertz CT molecular complexity index is 407. The van der Waals surface area contributed by atoms with Crippen molar-refractivity contribution in [2.75, 3.05) is 18.4 Å². The third-order valence-electron chi connectivity index (χ3n) is 2.35. The van der Waals surface area contributed by atoms with E-state index in [9.17, 15) is 9.59 Å². The topological polar surface area (TPSA) is 75.2 Å². The summed E-state index contributed by atoms with van der Waals surface area (Å²) >= 11 is 1.16. The maximum Gasteiger partial charge on any atom is 0.323 e. The number of Topliss-reactive ketones (excluding diaryl/α,β-unsaturated/α-hetero) is 1. The van der Waals surface area contributed by atoms with Crippen LogP contribution in [0.1, 0.15) is 18.7 Å². The Kier molecular flexibility index (Phi) is 3.14. The van der Waals surface area contributed by atoms with E-state index >= 15 is 0 Å². The average Bonchev–Trinajstić information content (AvgIpc) is 2.65. The van der Waals surface area contributed by atoms with Gasteiger partial charge in [0.05, 0.1) is 0 Å². The third kappa shape index (κ3) is 2.54. The fourth-order valence-electron chi connectivity index (χ4n) is 1.48. The molecule has 16 heavy (non-hydrogen) atoms. The Hall–Kier alpha value is -1.50. The Morgan fingerprint density at radius 2 is 2.12 bits per heavy atom. The van der Waals surface area contributed by atoms with E-state index in [-0.39, 0.29) is 11.8 Å². The summed E-state index contributed by atoms with van der Waals surface area (Å²) in [6.07, 6.45) is 0.894. The number of likely N-dealkylation sites (tertiary alicyclic amines) is 1. The SMILES string of the molecule is Cc1nsc(NC(=O)N2CCC(=O)CC2)n1. The lowest BCUT2D eigenvalue weighted by Gasteiger charge is -2.25. The standard InChI is InChI=1S/C9H12N4O2S/c1-6-10-8(16-12-6)11-9(15)13-4-2-7(14)3-5-13/h2-5H2,1H3,(H,10,11,12,15). The maximum atomic E-state index is 11.7. The second-order valence-electron chi connectivity index (χ2n) is 3.60. The first-order valence-electron chi connectivity index (χ1n) is 5.03. The van der Waals surface area contributed by atoms with Crippen LogP contribution in [-0.2, 0) is 4.79 Å². The highest BCUT2D eigenvalue weighted by molar-refractivity contribution is 7.09. The van der Waals surface area contributed by atoms with Gasteiger partial charge in [-0.1, -0.05) is 0 Å². The summed E-state index contributed by atoms with van der Waals surface area (Å²) in [6, 6.07) is -0.205. The predicted molar refractivity (Wildman–Crippen MR) is 59.5 cm³/mol. The van der Waals surface area contributed by atoms with Crippen LogP contribution in [0.3, 0.4) is 0 Å². The number of aryl methyl sites for hydroxylation is 1. The van der Waals surface area contributed by atoms with Crippen molar-refractivity contribution < 1.29 is 9.59 Å². The zero-order chi connectivity index (χ0) is 11.5. The molecule has 0 atom stereocenters. The molecule has 7 heteroatoms. The number of ketones is 1. The summed E-state index contributed by atoms with van der Waals surface area (Å²) in [5.41, 5.74) is 0. The van der Waals surface area contributed by atoms with Crippen LogP contribution < -0.4 is 5.32 Å². The first-order valence-corrected chi connectivity index (χ1v) is 5.80. The Balaban J connectivity index is 1.91. The molecule has 0 saturated carbocycles. The van der Waals surface area contributed by atoms with Gasteiger partial charge in [0, 0.05) is 37.5 Å². The molecule has 1 aliphatic heterocycles. The molecule has 6 nitrogen and oxygen atoms in total. The molecule has 2 amide bonds. The highest BCUT2D eigenvalue weighted by atomic mass is 32.1. The molecule has 0 spiro atoms. The number of hydrogen-bond acceptors (Lipinski definition) is 5. The minimum atomic E-state index is -0.205. The summed E-state index contributed by atoms with van der Waals surface area (Å²) < 4.78 is 3.97. The van der Waals surface area contributed by atoms with E-state index in [1.165, 1.54) is 0 Å². The molecular weight excluding hydrogens is 228 g/mol. The summed E-state index contributed by atoms with van der Waals surface area (Å²) in [7, 11) is 0. The lowest BCUT2D eigenvalue weighted by atomic mass is 10.1. The van der Waals surface area contributed by atoms with Gasteiger partial charge in [0.15, 0.2) is 0 Å². The number of nitrogens with zero attached hydrogens (tertiary/aromatic N) is 3. The van der Waals surface area contributed by atoms with E-state index in [2.05, 4.69) is 14.7 Å². The molecule has 1 fully saturated rings. The molecule has 1 saturated heterocycles. The van der Waals surface area contributed by atoms with Gasteiger partial charge in [-0.3, -0.25) is 10.1 Å². The van der Waals surface area contributed by atoms with E-state index in [1.807, 2.05) is 0 Å². The highest BCUT2D eigenvalue weighted by Gasteiger charge is 2.21. The number of rotatable bonds is 1. The fourth-order valence-corrected chi connectivity index (χ4v) is 2.04. The second kappa shape index (κ2) is 4.56. The zero-order valence-electron chi connectivity index (χ0n) is 8.89. The van der Waals surface area contributed by atoms with Gasteiger partial charge in [-0.15, -0.1) is 0 Å². The van der Waals surface area contributed by atoms with Crippen molar-refractivity contribution in [2.45, 2.75) is 19.8 Å². The van der Waals surface area contributed by atoms with Gasteiger partial charge < -0.3 is 4.90 Å².